The molecule has 2 aromatic rings. The Morgan fingerprint density at radius 3 is 2.92 bits per heavy atom. The molecule has 2 heterocycles. The molecule has 0 unspecified atom stereocenters. The van der Waals surface area contributed by atoms with E-state index in [1.807, 2.05) is 0 Å². The van der Waals surface area contributed by atoms with E-state index in [4.69, 9.17) is 9.47 Å². The quantitative estimate of drug-likeness (QED) is 0.631. The fourth-order valence-electron chi connectivity index (χ4n) is 2.00. The van der Waals surface area contributed by atoms with E-state index >= 15 is 0 Å². The molecule has 0 saturated carbocycles. The molecule has 0 radical (unpaired) electrons. The van der Waals surface area contributed by atoms with Gasteiger partial charge in [-0.15, -0.1) is 0 Å². The van der Waals surface area contributed by atoms with Crippen molar-refractivity contribution in [2.24, 2.45) is 0 Å². The Morgan fingerprint density at radius 1 is 1.36 bits per heavy atom. The topological polar surface area (TPSA) is 93.3 Å². The number of alkyl halides is 3. The van der Waals surface area contributed by atoms with Crippen LogP contribution in [0.2, 0.25) is 0 Å². The summed E-state index contributed by atoms with van der Waals surface area (Å²) in [7, 11) is 0. The van der Waals surface area contributed by atoms with Gasteiger partial charge in [-0.05, 0) is 12.1 Å². The Bertz CT molecular complexity index is 869. The number of fused-ring (bicyclic) bond motifs is 1. The minimum Gasteiger partial charge on any atom is -0.454 e. The van der Waals surface area contributed by atoms with Crippen molar-refractivity contribution >= 4 is 23.4 Å². The molecule has 3 rings (SSSR count). The van der Waals surface area contributed by atoms with Gasteiger partial charge in [-0.3, -0.25) is 9.59 Å². The van der Waals surface area contributed by atoms with Crippen molar-refractivity contribution in [3.8, 4) is 11.5 Å². The lowest BCUT2D eigenvalue weighted by Crippen LogP contribution is -2.18. The number of hydrogen-bond acceptors (Lipinski definition) is 6. The van der Waals surface area contributed by atoms with E-state index in [-0.39, 0.29) is 17.7 Å². The second-order valence-corrected chi connectivity index (χ2v) is 5.77. The van der Waals surface area contributed by atoms with Crippen LogP contribution in [0.5, 0.6) is 11.5 Å². The van der Waals surface area contributed by atoms with Gasteiger partial charge in [0.2, 0.25) is 12.7 Å². The lowest BCUT2D eigenvalue weighted by Gasteiger charge is -2.09. The van der Waals surface area contributed by atoms with Crippen LogP contribution in [-0.2, 0) is 11.0 Å². The molecule has 0 spiro atoms. The van der Waals surface area contributed by atoms with E-state index in [0.29, 0.717) is 35.0 Å². The van der Waals surface area contributed by atoms with Crippen LogP contribution in [0.1, 0.15) is 5.69 Å². The molecule has 132 valence electrons. The van der Waals surface area contributed by atoms with Crippen LogP contribution in [0.25, 0.3) is 0 Å². The molecule has 11 heteroatoms. The normalized spacial score (nSPS) is 12.9. The van der Waals surface area contributed by atoms with E-state index in [0.717, 1.165) is 0 Å². The number of halogens is 3. The molecule has 25 heavy (non-hydrogen) atoms. The standard InChI is InChI=1S/C14H10F3N3O4S/c15-14(16,17)9-4-10(21)20-13(19-9)25-5-11(22)18-7-2-1-3-8-12(7)24-6-23-8/h1-4H,5-6H2,(H,18,22)(H,19,20,21). The van der Waals surface area contributed by atoms with E-state index in [1.54, 1.807) is 18.2 Å². The van der Waals surface area contributed by atoms with Gasteiger partial charge >= 0.3 is 6.18 Å². The highest BCUT2D eigenvalue weighted by molar-refractivity contribution is 7.99. The maximum Gasteiger partial charge on any atom is 0.433 e. The monoisotopic (exact) mass is 373 g/mol. The number of nitrogens with zero attached hydrogens (tertiary/aromatic N) is 1. The predicted molar refractivity (Wildman–Crippen MR) is 81.8 cm³/mol. The van der Waals surface area contributed by atoms with Crippen LogP contribution >= 0.6 is 11.8 Å². The van der Waals surface area contributed by atoms with Crippen LogP contribution in [0.4, 0.5) is 18.9 Å². The summed E-state index contributed by atoms with van der Waals surface area (Å²) in [5, 5.41) is 2.27. The molecule has 0 aliphatic carbocycles. The number of para-hydroxylation sites is 1. The molecule has 1 aromatic carbocycles. The summed E-state index contributed by atoms with van der Waals surface area (Å²) < 4.78 is 48.3. The van der Waals surface area contributed by atoms with E-state index < -0.39 is 23.3 Å². The molecule has 1 aliphatic rings. The largest absolute Gasteiger partial charge is 0.454 e. The third-order valence-corrected chi connectivity index (χ3v) is 3.89. The summed E-state index contributed by atoms with van der Waals surface area (Å²) in [4.78, 5) is 28.7. The number of rotatable bonds is 4. The van der Waals surface area contributed by atoms with Crippen LogP contribution in [-0.4, -0.2) is 28.4 Å². The van der Waals surface area contributed by atoms with Crippen molar-refractivity contribution < 1.29 is 27.4 Å². The SMILES string of the molecule is O=C(CSc1nc(C(F)(F)F)cc(=O)[nH]1)Nc1cccc2c1OCO2. The van der Waals surface area contributed by atoms with Crippen LogP contribution in [0, 0.1) is 0 Å². The minimum atomic E-state index is -4.74. The van der Waals surface area contributed by atoms with Crippen molar-refractivity contribution in [3.05, 3.63) is 40.3 Å². The molecular weight excluding hydrogens is 363 g/mol. The average Bonchev–Trinajstić information content (AvgIpc) is 3.01. The number of nitrogens with one attached hydrogen (secondary N) is 2. The first kappa shape index (κ1) is 17.1. The summed E-state index contributed by atoms with van der Waals surface area (Å²) in [6, 6.07) is 5.28. The number of anilines is 1. The van der Waals surface area contributed by atoms with E-state index in [1.165, 1.54) is 0 Å². The Balaban J connectivity index is 1.66. The van der Waals surface area contributed by atoms with Crippen LogP contribution < -0.4 is 20.3 Å². The van der Waals surface area contributed by atoms with E-state index in [2.05, 4.69) is 15.3 Å². The molecule has 0 atom stereocenters. The summed E-state index contributed by atoms with van der Waals surface area (Å²) in [6.07, 6.45) is -4.74. The molecule has 0 bridgehead atoms. The molecule has 0 saturated heterocycles. The van der Waals surface area contributed by atoms with Crippen LogP contribution in [0.15, 0.2) is 34.2 Å². The second kappa shape index (κ2) is 6.67. The number of H-pyrrole nitrogens is 1. The van der Waals surface area contributed by atoms with Gasteiger partial charge in [0.25, 0.3) is 5.56 Å². The molecule has 1 amide bonds. The van der Waals surface area contributed by atoms with Gasteiger partial charge in [0, 0.05) is 6.07 Å². The van der Waals surface area contributed by atoms with Gasteiger partial charge < -0.3 is 19.8 Å². The van der Waals surface area contributed by atoms with Gasteiger partial charge in [0.1, 0.15) is 0 Å². The van der Waals surface area contributed by atoms with Gasteiger partial charge in [-0.1, -0.05) is 17.8 Å². The third-order valence-electron chi connectivity index (χ3n) is 3.02. The second-order valence-electron chi connectivity index (χ2n) is 4.81. The zero-order valence-corrected chi connectivity index (χ0v) is 13.2. The number of aromatic amines is 1. The van der Waals surface area contributed by atoms with Gasteiger partial charge in [0.05, 0.1) is 11.4 Å². The van der Waals surface area contributed by atoms with Gasteiger partial charge in [-0.25, -0.2) is 4.98 Å². The summed E-state index contributed by atoms with van der Waals surface area (Å²) in [5.41, 5.74) is -1.88. The van der Waals surface area contributed by atoms with Crippen LogP contribution in [0.3, 0.4) is 0 Å². The Hall–Kier alpha value is -2.69. The summed E-state index contributed by atoms with van der Waals surface area (Å²) in [5.74, 6) is 0.101. The van der Waals surface area contributed by atoms with Crippen molar-refractivity contribution in [1.82, 2.24) is 9.97 Å². The minimum absolute atomic E-state index is 0.0341. The van der Waals surface area contributed by atoms with Gasteiger partial charge in [0.15, 0.2) is 22.3 Å². The maximum atomic E-state index is 12.6. The fraction of sp³-hybridized carbons (Fsp3) is 0.214. The highest BCUT2D eigenvalue weighted by Crippen LogP contribution is 2.38. The van der Waals surface area contributed by atoms with Crippen molar-refractivity contribution in [1.29, 1.82) is 0 Å². The number of carbonyl (C=O) groups is 1. The molecule has 7 nitrogen and oxygen atoms in total. The molecule has 0 fully saturated rings. The number of aromatic nitrogens is 2. The Kier molecular flexibility index (Phi) is 4.57. The molecule has 1 aliphatic heterocycles. The number of ether oxygens (including phenoxy) is 2. The number of hydrogen-bond donors (Lipinski definition) is 2. The zero-order chi connectivity index (χ0) is 18.0. The lowest BCUT2D eigenvalue weighted by atomic mass is 10.2. The zero-order valence-electron chi connectivity index (χ0n) is 12.3. The predicted octanol–water partition coefficient (Wildman–Crippen LogP) is 2.25. The summed E-state index contributed by atoms with van der Waals surface area (Å²) in [6.45, 7) is 0.0341. The van der Waals surface area contributed by atoms with E-state index in [9.17, 15) is 22.8 Å². The smallest absolute Gasteiger partial charge is 0.433 e. The first-order valence-corrected chi connectivity index (χ1v) is 7.81. The van der Waals surface area contributed by atoms with Crippen molar-refractivity contribution in [2.75, 3.05) is 17.9 Å². The molecule has 1 aromatic heterocycles. The fourth-order valence-corrected chi connectivity index (χ4v) is 2.67. The third kappa shape index (κ3) is 4.05. The van der Waals surface area contributed by atoms with Gasteiger partial charge in [-0.2, -0.15) is 13.2 Å². The molecular formula is C14H10F3N3O4S. The molecule has 2 N–H and O–H groups in total. The van der Waals surface area contributed by atoms with Crippen molar-refractivity contribution in [2.45, 2.75) is 11.3 Å². The average molecular weight is 373 g/mol. The van der Waals surface area contributed by atoms with Crippen molar-refractivity contribution in [3.63, 3.8) is 0 Å². The number of amides is 1. The highest BCUT2D eigenvalue weighted by Gasteiger charge is 2.33. The first-order valence-electron chi connectivity index (χ1n) is 6.83. The number of carbonyl (C=O) groups excluding carboxylic acids is 1. The Labute approximate surface area is 142 Å². The maximum absolute atomic E-state index is 12.6. The number of thioether (sulfide) groups is 1. The summed E-state index contributed by atoms with van der Waals surface area (Å²) >= 11 is 0.675. The first-order chi connectivity index (χ1) is 11.8. The lowest BCUT2D eigenvalue weighted by molar-refractivity contribution is -0.141. The Morgan fingerprint density at radius 2 is 2.16 bits per heavy atom. The highest BCUT2D eigenvalue weighted by atomic mass is 32.2. The number of benzene rings is 1.